The molecule has 2 rings (SSSR count). The standard InChI is InChI=1S/C9H6ClNOS/c10-6-1-8(13-4-6)9(5-11)2-7(12)3-9/h1,4H,2-3H2. The maximum atomic E-state index is 10.9. The molecule has 1 saturated carbocycles. The number of nitrogens with zero attached hydrogens (tertiary/aromatic N) is 1. The van der Waals surface area contributed by atoms with Crippen molar-refractivity contribution in [2.24, 2.45) is 0 Å². The summed E-state index contributed by atoms with van der Waals surface area (Å²) in [5.74, 6) is 0.158. The number of carbonyl (C=O) groups excluding carboxylic acids is 1. The highest BCUT2D eigenvalue weighted by Gasteiger charge is 2.46. The zero-order valence-electron chi connectivity index (χ0n) is 6.71. The molecule has 0 spiro atoms. The van der Waals surface area contributed by atoms with Crippen LogP contribution in [0.5, 0.6) is 0 Å². The van der Waals surface area contributed by atoms with E-state index in [1.807, 2.05) is 0 Å². The molecule has 1 heterocycles. The average molecular weight is 212 g/mol. The Hall–Kier alpha value is -0.850. The Labute approximate surface area is 84.7 Å². The number of thiophene rings is 1. The molecular weight excluding hydrogens is 206 g/mol. The van der Waals surface area contributed by atoms with Crippen LogP contribution in [0.3, 0.4) is 0 Å². The Kier molecular flexibility index (Phi) is 1.90. The number of nitriles is 1. The van der Waals surface area contributed by atoms with Gasteiger partial charge in [0.2, 0.25) is 0 Å². The summed E-state index contributed by atoms with van der Waals surface area (Å²) >= 11 is 7.21. The molecule has 66 valence electrons. The van der Waals surface area contributed by atoms with Crippen molar-refractivity contribution in [1.29, 1.82) is 5.26 Å². The summed E-state index contributed by atoms with van der Waals surface area (Å²) in [6.45, 7) is 0. The van der Waals surface area contributed by atoms with E-state index in [1.54, 1.807) is 11.4 Å². The van der Waals surface area contributed by atoms with Gasteiger partial charge in [-0.1, -0.05) is 11.6 Å². The van der Waals surface area contributed by atoms with Crippen molar-refractivity contribution < 1.29 is 4.79 Å². The van der Waals surface area contributed by atoms with E-state index in [0.717, 1.165) is 4.88 Å². The van der Waals surface area contributed by atoms with Crippen LogP contribution in [0.2, 0.25) is 5.02 Å². The van der Waals surface area contributed by atoms with Crippen molar-refractivity contribution in [1.82, 2.24) is 0 Å². The highest BCUT2D eigenvalue weighted by molar-refractivity contribution is 7.10. The van der Waals surface area contributed by atoms with Gasteiger partial charge in [-0.25, -0.2) is 0 Å². The summed E-state index contributed by atoms with van der Waals surface area (Å²) in [7, 11) is 0. The molecule has 0 N–H and O–H groups in total. The fourth-order valence-electron chi connectivity index (χ4n) is 1.49. The topological polar surface area (TPSA) is 40.9 Å². The van der Waals surface area contributed by atoms with E-state index in [9.17, 15) is 4.79 Å². The SMILES string of the molecule is N#CC1(c2cc(Cl)cs2)CC(=O)C1. The molecule has 0 aromatic carbocycles. The smallest absolute Gasteiger partial charge is 0.136 e. The second kappa shape index (κ2) is 2.83. The maximum absolute atomic E-state index is 10.9. The van der Waals surface area contributed by atoms with Crippen LogP contribution < -0.4 is 0 Å². The second-order valence-electron chi connectivity index (χ2n) is 3.22. The van der Waals surface area contributed by atoms with Gasteiger partial charge in [-0.05, 0) is 6.07 Å². The quantitative estimate of drug-likeness (QED) is 0.716. The molecule has 2 nitrogen and oxygen atoms in total. The largest absolute Gasteiger partial charge is 0.300 e. The first-order chi connectivity index (χ1) is 6.16. The Bertz CT molecular complexity index is 396. The molecule has 0 bridgehead atoms. The second-order valence-corrected chi connectivity index (χ2v) is 4.56. The minimum Gasteiger partial charge on any atom is -0.300 e. The van der Waals surface area contributed by atoms with Crippen LogP contribution in [0.4, 0.5) is 0 Å². The lowest BCUT2D eigenvalue weighted by Crippen LogP contribution is -2.39. The van der Waals surface area contributed by atoms with E-state index >= 15 is 0 Å². The van der Waals surface area contributed by atoms with E-state index in [1.165, 1.54) is 11.3 Å². The van der Waals surface area contributed by atoms with E-state index in [2.05, 4.69) is 6.07 Å². The van der Waals surface area contributed by atoms with Gasteiger partial charge in [0.05, 0.1) is 11.1 Å². The molecule has 1 fully saturated rings. The maximum Gasteiger partial charge on any atom is 0.136 e. The first kappa shape index (κ1) is 8.74. The van der Waals surface area contributed by atoms with Gasteiger partial charge in [0.15, 0.2) is 0 Å². The fraction of sp³-hybridized carbons (Fsp3) is 0.333. The number of rotatable bonds is 1. The Morgan fingerprint density at radius 1 is 1.62 bits per heavy atom. The first-order valence-electron chi connectivity index (χ1n) is 3.84. The third-order valence-electron chi connectivity index (χ3n) is 2.25. The predicted octanol–water partition coefficient (Wildman–Crippen LogP) is 2.53. The van der Waals surface area contributed by atoms with Crippen molar-refractivity contribution >= 4 is 28.7 Å². The predicted molar refractivity (Wildman–Crippen MR) is 50.9 cm³/mol. The zero-order valence-corrected chi connectivity index (χ0v) is 8.28. The van der Waals surface area contributed by atoms with Crippen molar-refractivity contribution in [3.8, 4) is 6.07 Å². The summed E-state index contributed by atoms with van der Waals surface area (Å²) in [5.41, 5.74) is -0.561. The normalized spacial score (nSPS) is 19.2. The molecule has 1 aliphatic carbocycles. The minimum absolute atomic E-state index is 0.158. The van der Waals surface area contributed by atoms with E-state index in [4.69, 9.17) is 16.9 Å². The third kappa shape index (κ3) is 1.27. The molecule has 0 amide bonds. The lowest BCUT2D eigenvalue weighted by Gasteiger charge is -2.32. The molecule has 1 aromatic heterocycles. The number of Topliss-reactive ketones (excluding diaryl/α,β-unsaturated/α-hetero) is 1. The molecule has 4 heteroatoms. The van der Waals surface area contributed by atoms with Crippen LogP contribution in [0.25, 0.3) is 0 Å². The molecule has 1 aliphatic rings. The number of halogens is 1. The van der Waals surface area contributed by atoms with Gasteiger partial charge < -0.3 is 0 Å². The van der Waals surface area contributed by atoms with Crippen molar-refractivity contribution in [3.63, 3.8) is 0 Å². The number of carbonyl (C=O) groups is 1. The third-order valence-corrected chi connectivity index (χ3v) is 3.73. The molecule has 13 heavy (non-hydrogen) atoms. The van der Waals surface area contributed by atoms with Crippen LogP contribution in [-0.4, -0.2) is 5.78 Å². The molecule has 0 radical (unpaired) electrons. The van der Waals surface area contributed by atoms with Gasteiger partial charge in [0.25, 0.3) is 0 Å². The summed E-state index contributed by atoms with van der Waals surface area (Å²) in [6.07, 6.45) is 0.695. The van der Waals surface area contributed by atoms with Gasteiger partial charge in [-0.2, -0.15) is 5.26 Å². The molecule has 0 atom stereocenters. The van der Waals surface area contributed by atoms with Gasteiger partial charge in [0, 0.05) is 23.1 Å². The van der Waals surface area contributed by atoms with Gasteiger partial charge in [-0.15, -0.1) is 11.3 Å². The van der Waals surface area contributed by atoms with Crippen molar-refractivity contribution in [3.05, 3.63) is 21.3 Å². The van der Waals surface area contributed by atoms with Crippen LogP contribution in [0.15, 0.2) is 11.4 Å². The number of ketones is 1. The van der Waals surface area contributed by atoms with Gasteiger partial charge in [0.1, 0.15) is 11.2 Å². The van der Waals surface area contributed by atoms with Crippen LogP contribution in [-0.2, 0) is 10.2 Å². The lowest BCUT2D eigenvalue weighted by molar-refractivity contribution is -0.126. The Balaban J connectivity index is 2.35. The molecule has 0 aliphatic heterocycles. The highest BCUT2D eigenvalue weighted by atomic mass is 35.5. The monoisotopic (exact) mass is 211 g/mol. The fourth-order valence-corrected chi connectivity index (χ4v) is 2.72. The minimum atomic E-state index is -0.561. The number of hydrogen-bond donors (Lipinski definition) is 0. The summed E-state index contributed by atoms with van der Waals surface area (Å²) < 4.78 is 0. The molecule has 0 saturated heterocycles. The van der Waals surface area contributed by atoms with E-state index in [0.29, 0.717) is 17.9 Å². The summed E-state index contributed by atoms with van der Waals surface area (Å²) in [4.78, 5) is 11.8. The Morgan fingerprint density at radius 3 is 2.69 bits per heavy atom. The Morgan fingerprint density at radius 2 is 2.31 bits per heavy atom. The van der Waals surface area contributed by atoms with E-state index < -0.39 is 5.41 Å². The number of hydrogen-bond acceptors (Lipinski definition) is 3. The summed E-state index contributed by atoms with van der Waals surface area (Å²) in [6, 6.07) is 3.99. The molecule has 0 unspecified atom stereocenters. The van der Waals surface area contributed by atoms with Crippen LogP contribution >= 0.6 is 22.9 Å². The first-order valence-corrected chi connectivity index (χ1v) is 5.09. The van der Waals surface area contributed by atoms with Crippen molar-refractivity contribution in [2.75, 3.05) is 0 Å². The molecular formula is C9H6ClNOS. The van der Waals surface area contributed by atoms with Gasteiger partial charge >= 0.3 is 0 Å². The van der Waals surface area contributed by atoms with Crippen LogP contribution in [0.1, 0.15) is 17.7 Å². The van der Waals surface area contributed by atoms with E-state index in [-0.39, 0.29) is 5.78 Å². The lowest BCUT2D eigenvalue weighted by atomic mass is 9.68. The molecule has 1 aromatic rings. The zero-order chi connectivity index (χ0) is 9.47. The average Bonchev–Trinajstić information content (AvgIpc) is 2.46. The summed E-state index contributed by atoms with van der Waals surface area (Å²) in [5, 5.41) is 11.4. The highest BCUT2D eigenvalue weighted by Crippen LogP contribution is 2.43. The van der Waals surface area contributed by atoms with Crippen molar-refractivity contribution in [2.45, 2.75) is 18.3 Å². The van der Waals surface area contributed by atoms with Crippen LogP contribution in [0, 0.1) is 11.3 Å². The van der Waals surface area contributed by atoms with Gasteiger partial charge in [-0.3, -0.25) is 4.79 Å².